The molecule has 5 heteroatoms. The fourth-order valence-electron chi connectivity index (χ4n) is 4.14. The number of methoxy groups -OCH3 is 1. The minimum atomic E-state index is -0.205. The Bertz CT molecular complexity index is 771. The molecule has 1 fully saturated rings. The van der Waals surface area contributed by atoms with Crippen molar-refractivity contribution >= 4 is 5.91 Å². The maximum absolute atomic E-state index is 12.9. The van der Waals surface area contributed by atoms with Crippen molar-refractivity contribution in [1.29, 1.82) is 0 Å². The third kappa shape index (κ3) is 6.07. The molecule has 1 heterocycles. The zero-order chi connectivity index (χ0) is 21.3. The van der Waals surface area contributed by atoms with Crippen molar-refractivity contribution < 1.29 is 14.3 Å². The van der Waals surface area contributed by atoms with Gasteiger partial charge in [0.1, 0.15) is 5.75 Å². The number of piperidine rings is 1. The Balaban J connectivity index is 1.71. The molecule has 0 aliphatic carbocycles. The maximum atomic E-state index is 12.9. The van der Waals surface area contributed by atoms with Gasteiger partial charge in [-0.3, -0.25) is 4.79 Å². The largest absolute Gasteiger partial charge is 0.497 e. The molecule has 0 saturated carbocycles. The van der Waals surface area contributed by atoms with Crippen molar-refractivity contribution in [3.8, 4) is 5.75 Å². The van der Waals surface area contributed by atoms with Gasteiger partial charge < -0.3 is 20.1 Å². The van der Waals surface area contributed by atoms with Gasteiger partial charge in [-0.05, 0) is 67.6 Å². The number of nitrogens with one attached hydrogen (secondary N) is 2. The van der Waals surface area contributed by atoms with Crippen LogP contribution in [0.4, 0.5) is 0 Å². The summed E-state index contributed by atoms with van der Waals surface area (Å²) >= 11 is 0. The molecule has 1 aliphatic rings. The predicted molar refractivity (Wildman–Crippen MR) is 120 cm³/mol. The van der Waals surface area contributed by atoms with E-state index in [0.717, 1.165) is 37.2 Å². The second-order valence-electron chi connectivity index (χ2n) is 8.29. The molecule has 2 N–H and O–H groups in total. The van der Waals surface area contributed by atoms with E-state index in [4.69, 9.17) is 9.47 Å². The van der Waals surface area contributed by atoms with E-state index < -0.39 is 0 Å². The maximum Gasteiger partial charge on any atom is 0.251 e. The van der Waals surface area contributed by atoms with Crippen LogP contribution in [0, 0.1) is 11.8 Å². The van der Waals surface area contributed by atoms with Gasteiger partial charge in [0.05, 0.1) is 25.9 Å². The highest BCUT2D eigenvalue weighted by Gasteiger charge is 2.28. The van der Waals surface area contributed by atoms with E-state index in [9.17, 15) is 4.79 Å². The molecule has 30 heavy (non-hydrogen) atoms. The Labute approximate surface area is 180 Å². The van der Waals surface area contributed by atoms with Crippen molar-refractivity contribution in [3.05, 3.63) is 65.7 Å². The third-order valence-corrected chi connectivity index (χ3v) is 5.82. The van der Waals surface area contributed by atoms with Gasteiger partial charge in [0.25, 0.3) is 5.91 Å². The Morgan fingerprint density at radius 3 is 2.33 bits per heavy atom. The van der Waals surface area contributed by atoms with Crippen LogP contribution in [0.2, 0.25) is 0 Å². The molecule has 3 rings (SSSR count). The quantitative estimate of drug-likeness (QED) is 0.650. The molecule has 2 atom stereocenters. The number of hydrogen-bond acceptors (Lipinski definition) is 4. The van der Waals surface area contributed by atoms with Gasteiger partial charge in [-0.1, -0.05) is 44.2 Å². The first-order chi connectivity index (χ1) is 14.6. The molecule has 1 amide bonds. The molecule has 2 aromatic carbocycles. The number of carbonyl (C=O) groups is 1. The van der Waals surface area contributed by atoms with Gasteiger partial charge >= 0.3 is 0 Å². The fraction of sp³-hybridized carbons (Fsp3) is 0.480. The van der Waals surface area contributed by atoms with Crippen LogP contribution >= 0.6 is 0 Å². The molecule has 1 unspecified atom stereocenters. The van der Waals surface area contributed by atoms with Crippen LogP contribution < -0.4 is 15.4 Å². The van der Waals surface area contributed by atoms with Gasteiger partial charge in [0.15, 0.2) is 0 Å². The molecule has 2 aromatic rings. The van der Waals surface area contributed by atoms with E-state index in [0.29, 0.717) is 24.0 Å². The summed E-state index contributed by atoms with van der Waals surface area (Å²) in [6, 6.07) is 17.0. The van der Waals surface area contributed by atoms with Crippen molar-refractivity contribution in [2.24, 2.45) is 11.8 Å². The summed E-state index contributed by atoms with van der Waals surface area (Å²) in [5.74, 6) is 1.61. The molecule has 0 bridgehead atoms. The first kappa shape index (κ1) is 22.3. The molecule has 1 aliphatic heterocycles. The minimum absolute atomic E-state index is 0.113. The van der Waals surface area contributed by atoms with Gasteiger partial charge in [-0.15, -0.1) is 0 Å². The normalized spacial score (nSPS) is 16.8. The molecule has 162 valence electrons. The lowest BCUT2D eigenvalue weighted by molar-refractivity contribution is -0.0346. The van der Waals surface area contributed by atoms with Crippen LogP contribution in [0.1, 0.15) is 48.7 Å². The van der Waals surface area contributed by atoms with E-state index in [1.807, 2.05) is 30.3 Å². The first-order valence-corrected chi connectivity index (χ1v) is 10.9. The molecule has 5 nitrogen and oxygen atoms in total. The zero-order valence-corrected chi connectivity index (χ0v) is 18.3. The number of ether oxygens (including phenoxy) is 2. The van der Waals surface area contributed by atoms with Crippen molar-refractivity contribution in [1.82, 2.24) is 10.6 Å². The zero-order valence-electron chi connectivity index (χ0n) is 18.3. The average molecular weight is 411 g/mol. The second-order valence-corrected chi connectivity index (χ2v) is 8.29. The predicted octanol–water partition coefficient (Wildman–Crippen LogP) is 4.21. The lowest BCUT2D eigenvalue weighted by Crippen LogP contribution is -2.40. The molecule has 1 saturated heterocycles. The molecular formula is C25H34N2O3. The Hall–Kier alpha value is -2.37. The van der Waals surface area contributed by atoms with Crippen LogP contribution in [-0.2, 0) is 4.74 Å². The van der Waals surface area contributed by atoms with Gasteiger partial charge in [-0.2, -0.15) is 0 Å². The van der Waals surface area contributed by atoms with E-state index in [2.05, 4.69) is 24.5 Å². The summed E-state index contributed by atoms with van der Waals surface area (Å²) in [5, 5.41) is 6.60. The topological polar surface area (TPSA) is 59.6 Å². The highest BCUT2D eigenvalue weighted by molar-refractivity contribution is 5.94. The van der Waals surface area contributed by atoms with Crippen LogP contribution in [0.25, 0.3) is 0 Å². The molecule has 0 spiro atoms. The monoisotopic (exact) mass is 410 g/mol. The van der Waals surface area contributed by atoms with Gasteiger partial charge in [0.2, 0.25) is 0 Å². The Morgan fingerprint density at radius 1 is 1.07 bits per heavy atom. The fourth-order valence-corrected chi connectivity index (χ4v) is 4.14. The average Bonchev–Trinajstić information content (AvgIpc) is 2.79. The molecular weight excluding hydrogens is 376 g/mol. The van der Waals surface area contributed by atoms with Crippen molar-refractivity contribution in [2.45, 2.75) is 38.8 Å². The first-order valence-electron chi connectivity index (χ1n) is 10.9. The Kier molecular flexibility index (Phi) is 8.29. The summed E-state index contributed by atoms with van der Waals surface area (Å²) in [6.07, 6.45) is 2.46. The summed E-state index contributed by atoms with van der Waals surface area (Å²) in [6.45, 7) is 7.00. The molecule has 0 radical (unpaired) electrons. The van der Waals surface area contributed by atoms with E-state index in [1.165, 1.54) is 0 Å². The van der Waals surface area contributed by atoms with Gasteiger partial charge in [-0.25, -0.2) is 0 Å². The summed E-state index contributed by atoms with van der Waals surface area (Å²) in [4.78, 5) is 12.9. The van der Waals surface area contributed by atoms with Crippen LogP contribution in [0.5, 0.6) is 5.75 Å². The van der Waals surface area contributed by atoms with E-state index in [-0.39, 0.29) is 18.1 Å². The highest BCUT2D eigenvalue weighted by atomic mass is 16.5. The lowest BCUT2D eigenvalue weighted by atomic mass is 9.86. The lowest BCUT2D eigenvalue weighted by Gasteiger charge is -2.34. The summed E-state index contributed by atoms with van der Waals surface area (Å²) < 4.78 is 11.7. The van der Waals surface area contributed by atoms with E-state index in [1.54, 1.807) is 31.4 Å². The third-order valence-electron chi connectivity index (χ3n) is 5.82. The smallest absolute Gasteiger partial charge is 0.251 e. The number of rotatable bonds is 9. The summed E-state index contributed by atoms with van der Waals surface area (Å²) in [7, 11) is 1.62. The van der Waals surface area contributed by atoms with Gasteiger partial charge in [0, 0.05) is 5.56 Å². The Morgan fingerprint density at radius 2 is 1.73 bits per heavy atom. The minimum Gasteiger partial charge on any atom is -0.497 e. The van der Waals surface area contributed by atoms with Crippen molar-refractivity contribution in [3.63, 3.8) is 0 Å². The molecule has 0 aromatic heterocycles. The number of carbonyl (C=O) groups excluding carboxylic acids is 1. The van der Waals surface area contributed by atoms with Crippen LogP contribution in [-0.4, -0.2) is 38.8 Å². The number of amides is 1. The van der Waals surface area contributed by atoms with Crippen LogP contribution in [0.15, 0.2) is 54.6 Å². The van der Waals surface area contributed by atoms with E-state index >= 15 is 0 Å². The number of hydrogen-bond donors (Lipinski definition) is 2. The standard InChI is InChI=1S/C25H34N2O3/c1-18(2)24(20-13-15-26-16-14-20)30-17-23(19-7-5-4-6-8-19)27-25(28)21-9-11-22(29-3)12-10-21/h4-12,18,20,23-24,26H,13-17H2,1-3H3,(H,27,28)/t23-,24?/m0/s1. The second kappa shape index (κ2) is 11.1. The number of benzene rings is 2. The SMILES string of the molecule is COc1ccc(C(=O)N[C@@H](COC(C(C)C)C2CCNCC2)c2ccccc2)cc1. The van der Waals surface area contributed by atoms with Crippen LogP contribution in [0.3, 0.4) is 0 Å². The highest BCUT2D eigenvalue weighted by Crippen LogP contribution is 2.26. The summed E-state index contributed by atoms with van der Waals surface area (Å²) in [5.41, 5.74) is 1.66. The van der Waals surface area contributed by atoms with Crippen molar-refractivity contribution in [2.75, 3.05) is 26.8 Å².